The Morgan fingerprint density at radius 2 is 1.11 bits per heavy atom. The van der Waals surface area contributed by atoms with E-state index in [4.69, 9.17) is 10.5 Å². The number of nitriles is 2. The van der Waals surface area contributed by atoms with Crippen LogP contribution in [0.15, 0.2) is 111 Å². The number of aliphatic hydroxyl groups is 2. The van der Waals surface area contributed by atoms with Gasteiger partial charge in [0.15, 0.2) is 11.4 Å². The van der Waals surface area contributed by atoms with Crippen LogP contribution in [-0.4, -0.2) is 26.8 Å². The molecule has 2 aromatic carbocycles. The zero-order valence-electron chi connectivity index (χ0n) is 18.3. The second kappa shape index (κ2) is 11.9. The van der Waals surface area contributed by atoms with Crippen LogP contribution < -0.4 is 0 Å². The molecule has 3 rings (SSSR count). The van der Waals surface area contributed by atoms with Crippen molar-refractivity contribution in [2.45, 2.75) is 0 Å². The van der Waals surface area contributed by atoms with Crippen LogP contribution in [0.3, 0.4) is 0 Å². The van der Waals surface area contributed by atoms with Gasteiger partial charge in [0, 0.05) is 0 Å². The van der Waals surface area contributed by atoms with Gasteiger partial charge in [-0.05, 0) is 36.4 Å². The number of rotatable bonds is 8. The number of hydrogen-bond donors (Lipinski definition) is 2. The van der Waals surface area contributed by atoms with E-state index in [9.17, 15) is 19.8 Å². The van der Waals surface area contributed by atoms with Gasteiger partial charge in [-0.15, -0.1) is 20.5 Å². The first kappa shape index (κ1) is 24.8. The van der Waals surface area contributed by atoms with Crippen molar-refractivity contribution in [3.8, 4) is 12.1 Å². The number of hydrogen-bond acceptors (Lipinski definition) is 11. The van der Waals surface area contributed by atoms with Gasteiger partial charge in [0.25, 0.3) is 0 Å². The Morgan fingerprint density at radius 1 is 0.694 bits per heavy atom. The Bertz CT molecular complexity index is 1410. The number of Topliss-reactive ketones (excluding diaryl/α,β-unsaturated/α-hetero) is 2. The van der Waals surface area contributed by atoms with Gasteiger partial charge in [0.1, 0.15) is 47.4 Å². The van der Waals surface area contributed by atoms with Crippen molar-refractivity contribution in [2.75, 3.05) is 0 Å². The molecule has 2 N–H and O–H groups in total. The summed E-state index contributed by atoms with van der Waals surface area (Å²) < 4.78 is 0. The molecule has 0 aliphatic rings. The summed E-state index contributed by atoms with van der Waals surface area (Å²) in [6, 6.07) is 20.3. The predicted molar refractivity (Wildman–Crippen MR) is 126 cm³/mol. The Labute approximate surface area is 204 Å². The summed E-state index contributed by atoms with van der Waals surface area (Å²) in [4.78, 5) is 29.6. The molecule has 0 saturated heterocycles. The van der Waals surface area contributed by atoms with E-state index >= 15 is 0 Å². The van der Waals surface area contributed by atoms with Crippen LogP contribution in [0.25, 0.3) is 0 Å². The van der Waals surface area contributed by atoms with Crippen LogP contribution in [0.4, 0.5) is 11.4 Å². The maximum Gasteiger partial charge on any atom is 0.234 e. The highest BCUT2D eigenvalue weighted by atomic mass is 16.2. The third-order valence-electron chi connectivity index (χ3n) is 4.50. The first-order chi connectivity index (χ1) is 17.5. The second-order valence-corrected chi connectivity index (χ2v) is 6.75. The van der Waals surface area contributed by atoms with E-state index in [0.717, 1.165) is 0 Å². The lowest BCUT2D eigenvalue weighted by molar-refractivity contribution is 0.102. The minimum atomic E-state index is -0.857. The molecule has 0 saturated carbocycles. The zero-order valence-corrected chi connectivity index (χ0v) is 18.3. The first-order valence-corrected chi connectivity index (χ1v) is 10.1. The average Bonchev–Trinajstić information content (AvgIpc) is 2.93. The molecule has 0 bridgehead atoms. The average molecular weight is 477 g/mol. The Kier molecular flexibility index (Phi) is 8.19. The number of azo groups is 2. The molecular formula is C25H15N7O4. The lowest BCUT2D eigenvalue weighted by Crippen LogP contribution is -2.10. The quantitative estimate of drug-likeness (QED) is 0.184. The molecule has 174 valence electrons. The van der Waals surface area contributed by atoms with E-state index in [1.165, 1.54) is 42.5 Å². The minimum Gasteiger partial charge on any atom is -0.513 e. The Morgan fingerprint density at radius 3 is 1.50 bits per heavy atom. The third-order valence-corrected chi connectivity index (χ3v) is 4.50. The van der Waals surface area contributed by atoms with Crippen molar-refractivity contribution >= 4 is 22.9 Å². The van der Waals surface area contributed by atoms with E-state index in [1.807, 2.05) is 12.1 Å². The van der Waals surface area contributed by atoms with Crippen LogP contribution in [0.5, 0.6) is 0 Å². The molecule has 0 radical (unpaired) electrons. The van der Waals surface area contributed by atoms with Gasteiger partial charge in [0.2, 0.25) is 11.6 Å². The number of aromatic nitrogens is 1. The van der Waals surface area contributed by atoms with Crippen molar-refractivity contribution in [2.24, 2.45) is 20.5 Å². The van der Waals surface area contributed by atoms with Crippen molar-refractivity contribution < 1.29 is 19.8 Å². The van der Waals surface area contributed by atoms with Gasteiger partial charge in [-0.2, -0.15) is 10.5 Å². The van der Waals surface area contributed by atoms with Crippen LogP contribution in [0, 0.1) is 22.7 Å². The molecular weight excluding hydrogens is 462 g/mol. The number of benzene rings is 2. The summed E-state index contributed by atoms with van der Waals surface area (Å²) >= 11 is 0. The monoisotopic (exact) mass is 477 g/mol. The highest BCUT2D eigenvalue weighted by Crippen LogP contribution is 2.21. The van der Waals surface area contributed by atoms with Crippen LogP contribution in [0.2, 0.25) is 0 Å². The predicted octanol–water partition coefficient (Wildman–Crippen LogP) is 5.56. The lowest BCUT2D eigenvalue weighted by Gasteiger charge is -2.03. The van der Waals surface area contributed by atoms with Gasteiger partial charge in [-0.3, -0.25) is 9.59 Å². The number of carbonyl (C=O) groups is 2. The van der Waals surface area contributed by atoms with Gasteiger partial charge in [-0.25, -0.2) is 4.98 Å². The van der Waals surface area contributed by atoms with Gasteiger partial charge < -0.3 is 10.2 Å². The smallest absolute Gasteiger partial charge is 0.234 e. The number of allylic oxidation sites excluding steroid dienone is 2. The molecule has 11 nitrogen and oxygen atoms in total. The molecule has 36 heavy (non-hydrogen) atoms. The topological polar surface area (TPSA) is 185 Å². The largest absolute Gasteiger partial charge is 0.513 e. The molecule has 0 unspecified atom stereocenters. The lowest BCUT2D eigenvalue weighted by atomic mass is 10.1. The zero-order chi connectivity index (χ0) is 25.9. The second-order valence-electron chi connectivity index (χ2n) is 6.75. The van der Waals surface area contributed by atoms with E-state index in [1.54, 1.807) is 24.3 Å². The first-order valence-electron chi connectivity index (χ1n) is 10.1. The van der Waals surface area contributed by atoms with Crippen molar-refractivity contribution in [1.29, 1.82) is 10.5 Å². The summed E-state index contributed by atoms with van der Waals surface area (Å²) in [6.07, 6.45) is 0.855. The minimum absolute atomic E-state index is 0.185. The highest BCUT2D eigenvalue weighted by Gasteiger charge is 2.19. The van der Waals surface area contributed by atoms with E-state index in [0.29, 0.717) is 12.5 Å². The number of nitrogens with zero attached hydrogens (tertiary/aromatic N) is 7. The van der Waals surface area contributed by atoms with Gasteiger partial charge in [-0.1, -0.05) is 30.3 Å². The van der Waals surface area contributed by atoms with Gasteiger partial charge in [0.05, 0.1) is 11.1 Å². The maximum atomic E-state index is 12.8. The van der Waals surface area contributed by atoms with Gasteiger partial charge >= 0.3 is 0 Å². The summed E-state index contributed by atoms with van der Waals surface area (Å²) in [5, 5.41) is 52.3. The van der Waals surface area contributed by atoms with Crippen molar-refractivity contribution in [1.82, 2.24) is 4.98 Å². The molecule has 0 fully saturated rings. The Hall–Kier alpha value is -5.81. The van der Waals surface area contributed by atoms with E-state index < -0.39 is 23.0 Å². The maximum absolute atomic E-state index is 12.8. The molecule has 0 amide bonds. The summed E-state index contributed by atoms with van der Waals surface area (Å²) in [5.74, 6) is -1.71. The number of carbonyl (C=O) groups excluding carboxylic acids is 2. The standard InChI is InChI=1S/C25H15N7O4/c26-12-16-6-1-3-8-18(16)29-31-22(14-33)24(35)20-10-5-11-21(28-20)25(36)23(15-34)32-30-19-9-4-2-7-17(19)13-27/h1-11,14-15,33-34H/b22-14-,23-15-,31-29?,32-30?. The van der Waals surface area contributed by atoms with Crippen LogP contribution >= 0.6 is 0 Å². The number of aliphatic hydroxyl groups excluding tert-OH is 2. The third kappa shape index (κ3) is 5.75. The number of pyridine rings is 1. The molecule has 0 atom stereocenters. The summed E-state index contributed by atoms with van der Waals surface area (Å²) in [7, 11) is 0. The van der Waals surface area contributed by atoms with Crippen molar-refractivity contribution in [3.63, 3.8) is 0 Å². The molecule has 1 heterocycles. The number of ketones is 2. The molecule has 3 aromatic rings. The fourth-order valence-corrected chi connectivity index (χ4v) is 2.74. The van der Waals surface area contributed by atoms with Crippen molar-refractivity contribution in [3.05, 3.63) is 113 Å². The normalized spacial score (nSPS) is 11.8. The molecule has 0 spiro atoms. The van der Waals surface area contributed by atoms with E-state index in [-0.39, 0.29) is 33.9 Å². The van der Waals surface area contributed by atoms with Crippen LogP contribution in [0.1, 0.15) is 32.1 Å². The Balaban J connectivity index is 1.84. The molecule has 0 aliphatic carbocycles. The van der Waals surface area contributed by atoms with E-state index in [2.05, 4.69) is 25.4 Å². The summed E-state index contributed by atoms with van der Waals surface area (Å²) in [6.45, 7) is 0. The molecule has 0 aliphatic heterocycles. The summed E-state index contributed by atoms with van der Waals surface area (Å²) in [5.41, 5.74) is -0.695. The molecule has 1 aromatic heterocycles. The van der Waals surface area contributed by atoms with Crippen LogP contribution in [-0.2, 0) is 0 Å². The molecule has 11 heteroatoms. The SMILES string of the molecule is N#Cc1ccccc1N=N/C(=C\O)C(=O)c1cccc(C(=O)/C(=C/O)N=Nc2ccccc2C#N)n1. The fourth-order valence-electron chi connectivity index (χ4n) is 2.74. The fraction of sp³-hybridized carbons (Fsp3) is 0. The highest BCUT2D eigenvalue weighted by molar-refractivity contribution is 6.10.